The Bertz CT molecular complexity index is 1210. The zero-order valence-corrected chi connectivity index (χ0v) is 21.2. The summed E-state index contributed by atoms with van der Waals surface area (Å²) in [5.74, 6) is -2.59. The number of fused-ring (bicyclic) bond motifs is 3. The summed E-state index contributed by atoms with van der Waals surface area (Å²) in [6.07, 6.45) is 2.57. The van der Waals surface area contributed by atoms with Gasteiger partial charge in [0, 0.05) is 36.2 Å². The fraction of sp³-hybridized carbons (Fsp3) is 0.519. The van der Waals surface area contributed by atoms with Crippen LogP contribution in [0.15, 0.2) is 24.4 Å². The average Bonchev–Trinajstić information content (AvgIpc) is 3.51. The summed E-state index contributed by atoms with van der Waals surface area (Å²) in [7, 11) is 0. The van der Waals surface area contributed by atoms with Crippen LogP contribution in [0.3, 0.4) is 0 Å². The summed E-state index contributed by atoms with van der Waals surface area (Å²) in [4.78, 5) is 8.73. The molecule has 1 fully saturated rings. The van der Waals surface area contributed by atoms with E-state index in [0.29, 0.717) is 61.9 Å². The van der Waals surface area contributed by atoms with Gasteiger partial charge < -0.3 is 15.0 Å². The molecule has 3 heterocycles. The quantitative estimate of drug-likeness (QED) is 0.261. The first-order chi connectivity index (χ1) is 17.9. The number of halogens is 5. The molecule has 1 unspecified atom stereocenters. The Balaban J connectivity index is 0.00000156. The van der Waals surface area contributed by atoms with Gasteiger partial charge in [-0.05, 0) is 56.0 Å². The van der Waals surface area contributed by atoms with Gasteiger partial charge in [0.15, 0.2) is 5.82 Å². The number of aromatic amines is 1. The van der Waals surface area contributed by atoms with Crippen molar-refractivity contribution in [2.45, 2.75) is 51.2 Å². The predicted octanol–water partition coefficient (Wildman–Crippen LogP) is 5.78. The van der Waals surface area contributed by atoms with Crippen molar-refractivity contribution in [2.24, 2.45) is 0 Å². The summed E-state index contributed by atoms with van der Waals surface area (Å²) in [5, 5.41) is 3.61. The summed E-state index contributed by atoms with van der Waals surface area (Å²) in [6, 6.07) is 3.36. The molecule has 2 aliphatic rings. The first-order valence-electron chi connectivity index (χ1n) is 12.9. The third-order valence-electron chi connectivity index (χ3n) is 6.72. The van der Waals surface area contributed by atoms with Crippen LogP contribution in [0, 0.1) is 17.5 Å². The van der Waals surface area contributed by atoms with Crippen LogP contribution in [-0.2, 0) is 6.42 Å². The predicted molar refractivity (Wildman–Crippen MR) is 133 cm³/mol. The highest BCUT2D eigenvalue weighted by atomic mass is 19.2. The molecule has 1 aromatic carbocycles. The van der Waals surface area contributed by atoms with Crippen LogP contribution in [0.4, 0.5) is 22.0 Å². The SMILES string of the molecule is CC.FCCCNCCOc1ncc(F)c(C2c3[nH]c4ccc(F)cc4c3CCN2CC2(F)CC2)c1F. The highest BCUT2D eigenvalue weighted by molar-refractivity contribution is 5.85. The van der Waals surface area contributed by atoms with E-state index >= 15 is 8.78 Å². The van der Waals surface area contributed by atoms with Crippen molar-refractivity contribution >= 4 is 10.9 Å². The summed E-state index contributed by atoms with van der Waals surface area (Å²) in [6.45, 7) is 4.81. The molecule has 10 heteroatoms. The minimum Gasteiger partial charge on any atom is -0.474 e. The van der Waals surface area contributed by atoms with Crippen LogP contribution >= 0.6 is 0 Å². The molecule has 0 saturated heterocycles. The highest BCUT2D eigenvalue weighted by Crippen LogP contribution is 2.46. The monoisotopic (exact) mass is 524 g/mol. The molecular formula is C27H33F5N4O. The number of rotatable bonds is 10. The van der Waals surface area contributed by atoms with Crippen molar-refractivity contribution in [1.82, 2.24) is 20.2 Å². The molecule has 0 bridgehead atoms. The van der Waals surface area contributed by atoms with Gasteiger partial charge in [0.1, 0.15) is 23.9 Å². The fourth-order valence-electron chi connectivity index (χ4n) is 4.82. The van der Waals surface area contributed by atoms with Crippen molar-refractivity contribution in [3.05, 3.63) is 58.7 Å². The van der Waals surface area contributed by atoms with Crippen LogP contribution in [0.1, 0.15) is 56.0 Å². The van der Waals surface area contributed by atoms with Gasteiger partial charge in [-0.25, -0.2) is 22.5 Å². The van der Waals surface area contributed by atoms with E-state index in [9.17, 15) is 13.2 Å². The fourth-order valence-corrected chi connectivity index (χ4v) is 4.82. The lowest BCUT2D eigenvalue weighted by Gasteiger charge is -2.37. The molecule has 0 spiro atoms. The number of alkyl halides is 2. The van der Waals surface area contributed by atoms with E-state index in [1.54, 1.807) is 11.0 Å². The van der Waals surface area contributed by atoms with Crippen molar-refractivity contribution in [3.63, 3.8) is 0 Å². The number of nitrogens with zero attached hydrogens (tertiary/aromatic N) is 2. The van der Waals surface area contributed by atoms with Gasteiger partial charge in [0.05, 0.1) is 24.5 Å². The molecule has 5 rings (SSSR count). The number of H-pyrrole nitrogens is 1. The lowest BCUT2D eigenvalue weighted by Crippen LogP contribution is -2.41. The number of benzene rings is 1. The van der Waals surface area contributed by atoms with Gasteiger partial charge in [0.2, 0.25) is 0 Å². The third-order valence-corrected chi connectivity index (χ3v) is 6.72. The standard InChI is InChI=1S/C25H27F5N4O.C2H6/c26-7-1-8-31-9-11-35-24-21(29)20(18(28)13-32-24)23-22-16(4-10-34(23)14-25(30)5-6-25)17-12-15(27)2-3-19(17)33-22;1-2/h2-3,12-13,23,31,33H,1,4-11,14H2;1-2H3. The molecule has 3 aromatic rings. The maximum atomic E-state index is 15.7. The number of hydrogen-bond acceptors (Lipinski definition) is 4. The topological polar surface area (TPSA) is 53.2 Å². The van der Waals surface area contributed by atoms with E-state index < -0.39 is 35.8 Å². The number of pyridine rings is 1. The van der Waals surface area contributed by atoms with Gasteiger partial charge in [-0.3, -0.25) is 9.29 Å². The second kappa shape index (κ2) is 11.8. The molecule has 5 nitrogen and oxygen atoms in total. The van der Waals surface area contributed by atoms with Crippen molar-refractivity contribution < 1.29 is 26.7 Å². The van der Waals surface area contributed by atoms with Crippen molar-refractivity contribution in [3.8, 4) is 5.88 Å². The van der Waals surface area contributed by atoms with E-state index in [4.69, 9.17) is 4.74 Å². The van der Waals surface area contributed by atoms with Gasteiger partial charge in [0.25, 0.3) is 5.88 Å². The van der Waals surface area contributed by atoms with E-state index in [1.165, 1.54) is 12.1 Å². The Morgan fingerprint density at radius 3 is 2.70 bits per heavy atom. The molecule has 37 heavy (non-hydrogen) atoms. The lowest BCUT2D eigenvalue weighted by atomic mass is 9.91. The average molecular weight is 525 g/mol. The van der Waals surface area contributed by atoms with Crippen LogP contribution in [-0.4, -0.2) is 60.0 Å². The third kappa shape index (κ3) is 5.90. The number of nitrogens with one attached hydrogen (secondary N) is 2. The molecule has 2 N–H and O–H groups in total. The lowest BCUT2D eigenvalue weighted by molar-refractivity contribution is 0.134. The number of ether oxygens (including phenoxy) is 1. The zero-order valence-electron chi connectivity index (χ0n) is 21.2. The Morgan fingerprint density at radius 1 is 1.19 bits per heavy atom. The number of hydrogen-bond donors (Lipinski definition) is 2. The minimum atomic E-state index is -1.38. The Morgan fingerprint density at radius 2 is 1.97 bits per heavy atom. The zero-order chi connectivity index (χ0) is 26.6. The normalized spacial score (nSPS) is 18.3. The molecule has 1 aliphatic heterocycles. The molecule has 1 saturated carbocycles. The molecule has 2 aromatic heterocycles. The van der Waals surface area contributed by atoms with Crippen LogP contribution in [0.25, 0.3) is 10.9 Å². The van der Waals surface area contributed by atoms with Crippen LogP contribution in [0.2, 0.25) is 0 Å². The first-order valence-corrected chi connectivity index (χ1v) is 12.9. The van der Waals surface area contributed by atoms with Gasteiger partial charge in [-0.1, -0.05) is 13.8 Å². The molecular weight excluding hydrogens is 491 g/mol. The molecule has 1 aliphatic carbocycles. The smallest absolute Gasteiger partial charge is 0.250 e. The van der Waals surface area contributed by atoms with E-state index in [-0.39, 0.29) is 24.6 Å². The first kappa shape index (κ1) is 27.3. The molecule has 0 amide bonds. The second-order valence-electron chi connectivity index (χ2n) is 9.26. The Labute approximate surface area is 213 Å². The van der Waals surface area contributed by atoms with Gasteiger partial charge in [-0.2, -0.15) is 0 Å². The van der Waals surface area contributed by atoms with Crippen LogP contribution in [0.5, 0.6) is 5.88 Å². The maximum Gasteiger partial charge on any atom is 0.250 e. The molecule has 1 atom stereocenters. The summed E-state index contributed by atoms with van der Waals surface area (Å²) >= 11 is 0. The maximum absolute atomic E-state index is 15.7. The minimum absolute atomic E-state index is 0.0384. The van der Waals surface area contributed by atoms with Gasteiger partial charge >= 0.3 is 0 Å². The number of aromatic nitrogens is 2. The summed E-state index contributed by atoms with van der Waals surface area (Å²) < 4.78 is 77.3. The van der Waals surface area contributed by atoms with Crippen LogP contribution < -0.4 is 10.1 Å². The largest absolute Gasteiger partial charge is 0.474 e. The highest BCUT2D eigenvalue weighted by Gasteiger charge is 2.48. The van der Waals surface area contributed by atoms with E-state index in [1.807, 2.05) is 13.8 Å². The van der Waals surface area contributed by atoms with Crippen molar-refractivity contribution in [1.29, 1.82) is 0 Å². The molecule has 202 valence electrons. The van der Waals surface area contributed by atoms with E-state index in [0.717, 1.165) is 11.8 Å². The van der Waals surface area contributed by atoms with Crippen molar-refractivity contribution in [2.75, 3.05) is 39.5 Å². The van der Waals surface area contributed by atoms with Gasteiger partial charge in [-0.15, -0.1) is 0 Å². The van der Waals surface area contributed by atoms with E-state index in [2.05, 4.69) is 15.3 Å². The Hall–Kier alpha value is -2.72. The Kier molecular flexibility index (Phi) is 8.69. The summed E-state index contributed by atoms with van der Waals surface area (Å²) in [5.41, 5.74) is 0.273. The second-order valence-corrected chi connectivity index (χ2v) is 9.26. The molecule has 0 radical (unpaired) electrons.